The van der Waals surface area contributed by atoms with E-state index in [2.05, 4.69) is 27.0 Å². The van der Waals surface area contributed by atoms with Crippen molar-refractivity contribution in [3.8, 4) is 11.3 Å². The molecule has 3 aromatic rings. The minimum Gasteiger partial charge on any atom is -0.337 e. The van der Waals surface area contributed by atoms with Crippen molar-refractivity contribution in [2.24, 2.45) is 7.05 Å². The summed E-state index contributed by atoms with van der Waals surface area (Å²) in [6.07, 6.45) is 6.69. The minimum atomic E-state index is -0.234. The van der Waals surface area contributed by atoms with E-state index in [9.17, 15) is 4.39 Å². The van der Waals surface area contributed by atoms with Crippen molar-refractivity contribution < 1.29 is 4.39 Å². The molecule has 126 valence electrons. The molecule has 2 aromatic heterocycles. The third-order valence-corrected chi connectivity index (χ3v) is 4.07. The number of aromatic amines is 1. The molecule has 6 heteroatoms. The Morgan fingerprint density at radius 2 is 2.00 bits per heavy atom. The summed E-state index contributed by atoms with van der Waals surface area (Å²) in [6.45, 7) is 4.69. The number of aryl methyl sites for hydroxylation is 1. The van der Waals surface area contributed by atoms with Gasteiger partial charge in [-0.15, -0.1) is 0 Å². The summed E-state index contributed by atoms with van der Waals surface area (Å²) in [5.74, 6) is 0.803. The van der Waals surface area contributed by atoms with Crippen LogP contribution in [-0.2, 0) is 20.1 Å². The van der Waals surface area contributed by atoms with Gasteiger partial charge in [0.05, 0.1) is 18.4 Å². The summed E-state index contributed by atoms with van der Waals surface area (Å²) in [5, 5.41) is 7.22. The first-order valence-corrected chi connectivity index (χ1v) is 8.14. The van der Waals surface area contributed by atoms with Crippen LogP contribution in [0.25, 0.3) is 11.3 Å². The van der Waals surface area contributed by atoms with Crippen LogP contribution in [0.4, 0.5) is 4.39 Å². The monoisotopic (exact) mass is 327 g/mol. The predicted octanol–water partition coefficient (Wildman–Crippen LogP) is 3.36. The molecule has 0 aliphatic heterocycles. The van der Waals surface area contributed by atoms with E-state index in [0.29, 0.717) is 0 Å². The summed E-state index contributed by atoms with van der Waals surface area (Å²) in [4.78, 5) is 6.76. The molecule has 0 atom stereocenters. The summed E-state index contributed by atoms with van der Waals surface area (Å²) < 4.78 is 15.2. The van der Waals surface area contributed by atoms with Crippen molar-refractivity contribution >= 4 is 0 Å². The van der Waals surface area contributed by atoms with Gasteiger partial charge in [-0.3, -0.25) is 10.00 Å². The molecule has 5 nitrogen and oxygen atoms in total. The van der Waals surface area contributed by atoms with E-state index in [0.717, 1.165) is 48.7 Å². The topological polar surface area (TPSA) is 49.7 Å². The van der Waals surface area contributed by atoms with Crippen LogP contribution in [0.3, 0.4) is 0 Å². The third kappa shape index (κ3) is 3.71. The average molecular weight is 327 g/mol. The van der Waals surface area contributed by atoms with Gasteiger partial charge in [0, 0.05) is 37.1 Å². The SMILES string of the molecule is CCCN(Cc1cn[nH]c1-c1ccc(F)cc1)Cc1nccn1C. The average Bonchev–Trinajstić information content (AvgIpc) is 3.18. The molecule has 0 unspecified atom stereocenters. The van der Waals surface area contributed by atoms with Gasteiger partial charge in [0.2, 0.25) is 0 Å². The van der Waals surface area contributed by atoms with Crippen molar-refractivity contribution in [3.05, 3.63) is 60.1 Å². The Balaban J connectivity index is 1.79. The Kier molecular flexibility index (Phi) is 5.05. The number of halogens is 1. The predicted molar refractivity (Wildman–Crippen MR) is 91.6 cm³/mol. The first-order valence-electron chi connectivity index (χ1n) is 8.14. The zero-order valence-electron chi connectivity index (χ0n) is 14.0. The van der Waals surface area contributed by atoms with Crippen molar-refractivity contribution in [2.75, 3.05) is 6.54 Å². The van der Waals surface area contributed by atoms with E-state index in [4.69, 9.17) is 0 Å². The Bertz CT molecular complexity index is 775. The highest BCUT2D eigenvalue weighted by atomic mass is 19.1. The number of aromatic nitrogens is 4. The Morgan fingerprint density at radius 1 is 1.21 bits per heavy atom. The Labute approximate surface area is 141 Å². The summed E-state index contributed by atoms with van der Waals surface area (Å²) in [7, 11) is 2.01. The Morgan fingerprint density at radius 3 is 2.67 bits per heavy atom. The van der Waals surface area contributed by atoms with E-state index in [1.807, 2.05) is 30.2 Å². The molecule has 0 aliphatic carbocycles. The zero-order chi connectivity index (χ0) is 16.9. The molecule has 1 N–H and O–H groups in total. The maximum absolute atomic E-state index is 13.1. The number of hydrogen-bond acceptors (Lipinski definition) is 3. The first kappa shape index (κ1) is 16.4. The molecule has 0 saturated carbocycles. The molecule has 24 heavy (non-hydrogen) atoms. The fourth-order valence-corrected chi connectivity index (χ4v) is 2.82. The quantitative estimate of drug-likeness (QED) is 0.724. The summed E-state index contributed by atoms with van der Waals surface area (Å²) in [5.41, 5.74) is 2.98. The second-order valence-corrected chi connectivity index (χ2v) is 5.94. The Hall–Kier alpha value is -2.47. The highest BCUT2D eigenvalue weighted by molar-refractivity contribution is 5.62. The minimum absolute atomic E-state index is 0.234. The summed E-state index contributed by atoms with van der Waals surface area (Å²) in [6, 6.07) is 6.49. The molecule has 0 bridgehead atoms. The number of nitrogens with zero attached hydrogens (tertiary/aromatic N) is 4. The highest BCUT2D eigenvalue weighted by Gasteiger charge is 2.14. The normalized spacial score (nSPS) is 11.3. The van der Waals surface area contributed by atoms with Crippen LogP contribution in [0.5, 0.6) is 0 Å². The largest absolute Gasteiger partial charge is 0.337 e. The maximum atomic E-state index is 13.1. The van der Waals surface area contributed by atoms with Crippen LogP contribution in [-0.4, -0.2) is 31.2 Å². The number of nitrogens with one attached hydrogen (secondary N) is 1. The molecule has 0 aliphatic rings. The van der Waals surface area contributed by atoms with Crippen molar-refractivity contribution in [3.63, 3.8) is 0 Å². The number of rotatable bonds is 7. The van der Waals surface area contributed by atoms with Crippen molar-refractivity contribution in [2.45, 2.75) is 26.4 Å². The fraction of sp³-hybridized carbons (Fsp3) is 0.333. The van der Waals surface area contributed by atoms with Gasteiger partial charge in [0.25, 0.3) is 0 Å². The van der Waals surface area contributed by atoms with Gasteiger partial charge >= 0.3 is 0 Å². The number of H-pyrrole nitrogens is 1. The van der Waals surface area contributed by atoms with Gasteiger partial charge in [-0.25, -0.2) is 9.37 Å². The molecular weight excluding hydrogens is 305 g/mol. The van der Waals surface area contributed by atoms with Crippen molar-refractivity contribution in [1.29, 1.82) is 0 Å². The molecular formula is C18H22FN5. The lowest BCUT2D eigenvalue weighted by Gasteiger charge is -2.21. The van der Waals surface area contributed by atoms with Crippen LogP contribution in [0.1, 0.15) is 24.7 Å². The molecule has 0 radical (unpaired) electrons. The number of benzene rings is 1. The lowest BCUT2D eigenvalue weighted by molar-refractivity contribution is 0.249. The second kappa shape index (κ2) is 7.40. The molecule has 0 amide bonds. The van der Waals surface area contributed by atoms with Crippen LogP contribution in [0, 0.1) is 5.82 Å². The number of imidazole rings is 1. The first-order chi connectivity index (χ1) is 11.7. The fourth-order valence-electron chi connectivity index (χ4n) is 2.82. The molecule has 0 spiro atoms. The third-order valence-electron chi connectivity index (χ3n) is 4.07. The van der Waals surface area contributed by atoms with E-state index >= 15 is 0 Å². The zero-order valence-corrected chi connectivity index (χ0v) is 14.0. The van der Waals surface area contributed by atoms with E-state index in [-0.39, 0.29) is 5.82 Å². The molecule has 0 saturated heterocycles. The molecule has 2 heterocycles. The van der Waals surface area contributed by atoms with Gasteiger partial charge in [-0.05, 0) is 37.2 Å². The van der Waals surface area contributed by atoms with Crippen molar-refractivity contribution in [1.82, 2.24) is 24.6 Å². The van der Waals surface area contributed by atoms with Crippen LogP contribution in [0.2, 0.25) is 0 Å². The summed E-state index contributed by atoms with van der Waals surface area (Å²) >= 11 is 0. The lowest BCUT2D eigenvalue weighted by Crippen LogP contribution is -2.25. The maximum Gasteiger partial charge on any atom is 0.123 e. The molecule has 0 fully saturated rings. The van der Waals surface area contributed by atoms with E-state index in [1.54, 1.807) is 12.1 Å². The van der Waals surface area contributed by atoms with E-state index < -0.39 is 0 Å². The van der Waals surface area contributed by atoms with Gasteiger partial charge < -0.3 is 4.57 Å². The van der Waals surface area contributed by atoms with Crippen LogP contribution in [0.15, 0.2) is 42.9 Å². The number of hydrogen-bond donors (Lipinski definition) is 1. The molecule has 3 rings (SSSR count). The smallest absolute Gasteiger partial charge is 0.123 e. The highest BCUT2D eigenvalue weighted by Crippen LogP contribution is 2.23. The van der Waals surface area contributed by atoms with E-state index in [1.165, 1.54) is 12.1 Å². The van der Waals surface area contributed by atoms with Gasteiger partial charge in [-0.1, -0.05) is 6.92 Å². The standard InChI is InChI=1S/C18H22FN5/c1-3-9-24(13-17-20-8-10-23(17)2)12-15-11-21-22-18(15)14-4-6-16(19)7-5-14/h4-8,10-11H,3,9,12-13H2,1-2H3,(H,21,22). The van der Waals surface area contributed by atoms with Crippen LogP contribution >= 0.6 is 0 Å². The van der Waals surface area contributed by atoms with Gasteiger partial charge in [0.1, 0.15) is 11.6 Å². The van der Waals surface area contributed by atoms with Crippen LogP contribution < -0.4 is 0 Å². The van der Waals surface area contributed by atoms with Gasteiger partial charge in [0.15, 0.2) is 0 Å². The second-order valence-electron chi connectivity index (χ2n) is 5.94. The lowest BCUT2D eigenvalue weighted by atomic mass is 10.1. The van der Waals surface area contributed by atoms with Gasteiger partial charge in [-0.2, -0.15) is 5.10 Å². The molecule has 1 aromatic carbocycles.